The zero-order chi connectivity index (χ0) is 15.5. The second-order valence-corrected chi connectivity index (χ2v) is 7.66. The van der Waals surface area contributed by atoms with Crippen LogP contribution in [0.3, 0.4) is 0 Å². The van der Waals surface area contributed by atoms with E-state index in [1.807, 2.05) is 13.8 Å². The summed E-state index contributed by atoms with van der Waals surface area (Å²) in [4.78, 5) is 0. The number of hydrogen-bond donors (Lipinski definition) is 2. The van der Waals surface area contributed by atoms with Crippen LogP contribution >= 0.6 is 0 Å². The van der Waals surface area contributed by atoms with Gasteiger partial charge in [-0.3, -0.25) is 5.10 Å². The number of ether oxygens (including phenoxy) is 1. The molecule has 1 aliphatic heterocycles. The van der Waals surface area contributed by atoms with Gasteiger partial charge in [0.2, 0.25) is 0 Å². The molecule has 8 heteroatoms. The summed E-state index contributed by atoms with van der Waals surface area (Å²) in [7, 11) is -1.99. The zero-order valence-corrected chi connectivity index (χ0v) is 13.6. The molecule has 2 heterocycles. The first-order chi connectivity index (χ1) is 9.91. The van der Waals surface area contributed by atoms with E-state index in [2.05, 4.69) is 15.5 Å². The number of hydrogen-bond acceptors (Lipinski definition) is 5. The lowest BCUT2D eigenvalue weighted by atomic mass is 10.2. The number of nitrogens with one attached hydrogen (secondary N) is 2. The minimum Gasteiger partial charge on any atom is -0.377 e. The number of nitrogens with zero attached hydrogens (tertiary/aromatic N) is 2. The maximum Gasteiger partial charge on any atom is 0.260 e. The molecule has 0 amide bonds. The van der Waals surface area contributed by atoms with Crippen LogP contribution in [0, 0.1) is 0 Å². The van der Waals surface area contributed by atoms with Gasteiger partial charge in [-0.25, -0.2) is 8.42 Å². The molecule has 1 aromatic rings. The van der Waals surface area contributed by atoms with Crippen molar-refractivity contribution in [1.82, 2.24) is 19.8 Å². The van der Waals surface area contributed by atoms with Gasteiger partial charge in [-0.15, -0.1) is 0 Å². The highest BCUT2D eigenvalue weighted by molar-refractivity contribution is 7.89. The van der Waals surface area contributed by atoms with Crippen LogP contribution in [0.2, 0.25) is 0 Å². The van der Waals surface area contributed by atoms with Crippen molar-refractivity contribution in [2.24, 2.45) is 0 Å². The largest absolute Gasteiger partial charge is 0.377 e. The SMILES string of the molecule is CC(C)NCc1cn[nH]c1S(=O)(=O)N(C)CC1CCCO1. The average molecular weight is 316 g/mol. The van der Waals surface area contributed by atoms with E-state index in [0.717, 1.165) is 12.8 Å². The van der Waals surface area contributed by atoms with Gasteiger partial charge in [0.1, 0.15) is 0 Å². The van der Waals surface area contributed by atoms with Gasteiger partial charge in [-0.05, 0) is 12.8 Å². The minimum absolute atomic E-state index is 0.00932. The van der Waals surface area contributed by atoms with Gasteiger partial charge in [-0.2, -0.15) is 9.40 Å². The van der Waals surface area contributed by atoms with Crippen LogP contribution in [0.5, 0.6) is 0 Å². The Bertz CT molecular complexity index is 550. The first-order valence-electron chi connectivity index (χ1n) is 7.25. The van der Waals surface area contributed by atoms with Crippen molar-refractivity contribution in [3.05, 3.63) is 11.8 Å². The van der Waals surface area contributed by atoms with Gasteiger partial charge >= 0.3 is 0 Å². The van der Waals surface area contributed by atoms with Crippen LogP contribution in [-0.4, -0.2) is 55.3 Å². The van der Waals surface area contributed by atoms with E-state index in [-0.39, 0.29) is 17.2 Å². The second kappa shape index (κ2) is 6.87. The third kappa shape index (κ3) is 4.03. The molecule has 0 radical (unpaired) electrons. The fraction of sp³-hybridized carbons (Fsp3) is 0.769. The molecule has 0 bridgehead atoms. The Kier molecular flexibility index (Phi) is 5.37. The lowest BCUT2D eigenvalue weighted by Crippen LogP contribution is -2.35. The molecule has 0 spiro atoms. The van der Waals surface area contributed by atoms with Crippen LogP contribution < -0.4 is 5.32 Å². The molecule has 120 valence electrons. The predicted molar refractivity (Wildman–Crippen MR) is 79.4 cm³/mol. The standard InChI is InChI=1S/C13H24N4O3S/c1-10(2)14-7-11-8-15-16-13(11)21(18,19)17(3)9-12-5-4-6-20-12/h8,10,12,14H,4-7,9H2,1-3H3,(H,15,16). The average Bonchev–Trinajstić information content (AvgIpc) is 3.06. The lowest BCUT2D eigenvalue weighted by Gasteiger charge is -2.20. The first kappa shape index (κ1) is 16.4. The fourth-order valence-electron chi connectivity index (χ4n) is 2.29. The van der Waals surface area contributed by atoms with Crippen molar-refractivity contribution in [2.75, 3.05) is 20.2 Å². The summed E-state index contributed by atoms with van der Waals surface area (Å²) in [5.74, 6) is 0. The smallest absolute Gasteiger partial charge is 0.260 e. The van der Waals surface area contributed by atoms with Crippen molar-refractivity contribution < 1.29 is 13.2 Å². The van der Waals surface area contributed by atoms with E-state index in [1.165, 1.54) is 4.31 Å². The molecule has 1 fully saturated rings. The number of likely N-dealkylation sites (N-methyl/N-ethyl adjacent to an activating group) is 1. The third-order valence-corrected chi connectivity index (χ3v) is 5.37. The maximum absolute atomic E-state index is 12.6. The monoisotopic (exact) mass is 316 g/mol. The highest BCUT2D eigenvalue weighted by Crippen LogP contribution is 2.19. The van der Waals surface area contributed by atoms with E-state index in [1.54, 1.807) is 13.2 Å². The van der Waals surface area contributed by atoms with Crippen LogP contribution in [0.25, 0.3) is 0 Å². The quantitative estimate of drug-likeness (QED) is 0.773. The number of aromatic amines is 1. The summed E-state index contributed by atoms with van der Waals surface area (Å²) >= 11 is 0. The molecule has 1 atom stereocenters. The van der Waals surface area contributed by atoms with Crippen molar-refractivity contribution in [3.8, 4) is 0 Å². The Morgan fingerprint density at radius 1 is 1.57 bits per heavy atom. The Labute approximate surface area is 126 Å². The Balaban J connectivity index is 2.09. The molecule has 2 rings (SSSR count). The first-order valence-corrected chi connectivity index (χ1v) is 8.69. The summed E-state index contributed by atoms with van der Waals surface area (Å²) in [6.07, 6.45) is 3.45. The number of H-pyrrole nitrogens is 1. The lowest BCUT2D eigenvalue weighted by molar-refractivity contribution is 0.0978. The summed E-state index contributed by atoms with van der Waals surface area (Å²) in [6, 6.07) is 0.278. The molecule has 21 heavy (non-hydrogen) atoms. The number of sulfonamides is 1. The molecular formula is C13H24N4O3S. The topological polar surface area (TPSA) is 87.3 Å². The van der Waals surface area contributed by atoms with Gasteiger partial charge in [0.25, 0.3) is 10.0 Å². The van der Waals surface area contributed by atoms with Gasteiger partial charge in [-0.1, -0.05) is 13.8 Å². The van der Waals surface area contributed by atoms with Crippen LogP contribution in [0.15, 0.2) is 11.2 Å². The molecule has 7 nitrogen and oxygen atoms in total. The predicted octanol–water partition coefficient (Wildman–Crippen LogP) is 0.707. The molecule has 1 unspecified atom stereocenters. The van der Waals surface area contributed by atoms with Crippen molar-refractivity contribution in [1.29, 1.82) is 0 Å². The van der Waals surface area contributed by atoms with E-state index < -0.39 is 10.0 Å². The van der Waals surface area contributed by atoms with E-state index >= 15 is 0 Å². The van der Waals surface area contributed by atoms with Crippen LogP contribution in [-0.2, 0) is 21.3 Å². The summed E-state index contributed by atoms with van der Waals surface area (Å²) < 4.78 is 32.1. The van der Waals surface area contributed by atoms with Gasteiger partial charge in [0.05, 0.1) is 12.3 Å². The molecule has 1 aliphatic rings. The van der Waals surface area contributed by atoms with Crippen LogP contribution in [0.4, 0.5) is 0 Å². The van der Waals surface area contributed by atoms with Gasteiger partial charge in [0, 0.05) is 38.3 Å². The molecule has 1 aromatic heterocycles. The van der Waals surface area contributed by atoms with Crippen molar-refractivity contribution >= 4 is 10.0 Å². The van der Waals surface area contributed by atoms with Crippen molar-refractivity contribution in [2.45, 2.75) is 50.4 Å². The second-order valence-electron chi connectivity index (χ2n) is 5.68. The third-order valence-electron chi connectivity index (χ3n) is 3.53. The fourth-order valence-corrected chi connectivity index (χ4v) is 3.59. The van der Waals surface area contributed by atoms with E-state index in [4.69, 9.17) is 4.74 Å². The Hall–Kier alpha value is -0.960. The van der Waals surface area contributed by atoms with Gasteiger partial charge in [0.15, 0.2) is 5.03 Å². The number of aromatic nitrogens is 2. The molecule has 0 saturated carbocycles. The van der Waals surface area contributed by atoms with Crippen LogP contribution in [0.1, 0.15) is 32.3 Å². The molecule has 1 saturated heterocycles. The molecular weight excluding hydrogens is 292 g/mol. The maximum atomic E-state index is 12.6. The van der Waals surface area contributed by atoms with E-state index in [0.29, 0.717) is 25.3 Å². The summed E-state index contributed by atoms with van der Waals surface area (Å²) in [6.45, 7) is 5.58. The normalized spacial score (nSPS) is 19.8. The Morgan fingerprint density at radius 3 is 2.95 bits per heavy atom. The molecule has 0 aliphatic carbocycles. The van der Waals surface area contributed by atoms with Gasteiger partial charge < -0.3 is 10.1 Å². The molecule has 2 N–H and O–H groups in total. The van der Waals surface area contributed by atoms with E-state index in [9.17, 15) is 8.42 Å². The Morgan fingerprint density at radius 2 is 2.33 bits per heavy atom. The summed E-state index contributed by atoms with van der Waals surface area (Å²) in [5.41, 5.74) is 0.655. The minimum atomic E-state index is -3.57. The summed E-state index contributed by atoms with van der Waals surface area (Å²) in [5, 5.41) is 9.86. The number of rotatable bonds is 7. The highest BCUT2D eigenvalue weighted by atomic mass is 32.2. The zero-order valence-electron chi connectivity index (χ0n) is 12.8. The molecule has 0 aromatic carbocycles. The van der Waals surface area contributed by atoms with Crippen molar-refractivity contribution in [3.63, 3.8) is 0 Å². The highest BCUT2D eigenvalue weighted by Gasteiger charge is 2.29.